The summed E-state index contributed by atoms with van der Waals surface area (Å²) in [6.07, 6.45) is 3.79. The second-order valence-corrected chi connectivity index (χ2v) is 7.36. The van der Waals surface area contributed by atoms with Crippen LogP contribution in [0, 0.1) is 11.8 Å². The molecule has 21 heavy (non-hydrogen) atoms. The van der Waals surface area contributed by atoms with Crippen LogP contribution in [0.25, 0.3) is 0 Å². The van der Waals surface area contributed by atoms with Gasteiger partial charge in [0.2, 0.25) is 0 Å². The molecule has 1 aliphatic heterocycles. The van der Waals surface area contributed by atoms with Crippen LogP contribution in [-0.2, 0) is 4.74 Å². The molecule has 3 rings (SSSR count). The van der Waals surface area contributed by atoms with E-state index in [0.29, 0.717) is 11.8 Å². The van der Waals surface area contributed by atoms with Crippen molar-refractivity contribution >= 4 is 5.69 Å². The first-order valence-electron chi connectivity index (χ1n) is 8.01. The quantitative estimate of drug-likeness (QED) is 0.738. The van der Waals surface area contributed by atoms with Crippen molar-refractivity contribution in [2.75, 3.05) is 19.0 Å². The first-order chi connectivity index (χ1) is 9.88. The molecule has 2 fully saturated rings. The topological polar surface area (TPSA) is 12.5 Å². The average Bonchev–Trinajstić information content (AvgIpc) is 2.45. The number of nitrogens with zero attached hydrogens (tertiary/aromatic N) is 1. The molecule has 0 radical (unpaired) electrons. The summed E-state index contributed by atoms with van der Waals surface area (Å²) >= 11 is 0. The van der Waals surface area contributed by atoms with Gasteiger partial charge in [0, 0.05) is 25.7 Å². The van der Waals surface area contributed by atoms with Gasteiger partial charge in [0.1, 0.15) is 0 Å². The van der Waals surface area contributed by atoms with E-state index in [1.165, 1.54) is 29.7 Å². The lowest BCUT2D eigenvalue weighted by atomic mass is 9.67. The molecule has 2 aliphatic rings. The SMILES string of the molecule is C=C1CC[C@@H]2C[C@H]1C(c1ccc(N(C)C)cc1)OC2(C)C. The molecule has 0 spiro atoms. The van der Waals surface area contributed by atoms with Crippen molar-refractivity contribution in [3.05, 3.63) is 42.0 Å². The maximum atomic E-state index is 6.52. The molecular weight excluding hydrogens is 258 g/mol. The molecule has 1 unspecified atom stereocenters. The van der Waals surface area contributed by atoms with Gasteiger partial charge in [-0.3, -0.25) is 0 Å². The van der Waals surface area contributed by atoms with Crippen LogP contribution >= 0.6 is 0 Å². The predicted octanol–water partition coefficient (Wildman–Crippen LogP) is 4.58. The summed E-state index contributed by atoms with van der Waals surface area (Å²) < 4.78 is 6.52. The van der Waals surface area contributed by atoms with E-state index < -0.39 is 0 Å². The third-order valence-electron chi connectivity index (χ3n) is 5.39. The zero-order chi connectivity index (χ0) is 15.2. The second-order valence-electron chi connectivity index (χ2n) is 7.36. The Bertz CT molecular complexity index is 529. The summed E-state index contributed by atoms with van der Waals surface area (Å²) in [6, 6.07) is 8.81. The molecule has 114 valence electrons. The number of fused-ring (bicyclic) bond motifs is 2. The maximum absolute atomic E-state index is 6.52. The van der Waals surface area contributed by atoms with Gasteiger partial charge < -0.3 is 9.64 Å². The normalized spacial score (nSPS) is 31.0. The highest BCUT2D eigenvalue weighted by Crippen LogP contribution is 2.52. The van der Waals surface area contributed by atoms with E-state index in [2.05, 4.69) is 63.7 Å². The Hall–Kier alpha value is -1.28. The second kappa shape index (κ2) is 5.17. The van der Waals surface area contributed by atoms with Crippen LogP contribution in [0.4, 0.5) is 5.69 Å². The molecule has 0 aromatic heterocycles. The Labute approximate surface area is 128 Å². The first kappa shape index (κ1) is 14.6. The smallest absolute Gasteiger partial charge is 0.0897 e. The lowest BCUT2D eigenvalue weighted by Crippen LogP contribution is -2.46. The van der Waals surface area contributed by atoms with Gasteiger partial charge in [0.05, 0.1) is 11.7 Å². The summed E-state index contributed by atoms with van der Waals surface area (Å²) in [5, 5.41) is 0. The first-order valence-corrected chi connectivity index (χ1v) is 8.01. The number of ether oxygens (including phenoxy) is 1. The molecule has 2 bridgehead atoms. The van der Waals surface area contributed by atoms with Crippen molar-refractivity contribution < 1.29 is 4.74 Å². The summed E-state index contributed by atoms with van der Waals surface area (Å²) in [5.41, 5.74) is 3.88. The lowest BCUT2D eigenvalue weighted by Gasteiger charge is -2.50. The fourth-order valence-corrected chi connectivity index (χ4v) is 3.87. The minimum atomic E-state index is -0.0257. The molecule has 1 saturated heterocycles. The largest absolute Gasteiger partial charge is 0.378 e. The zero-order valence-corrected chi connectivity index (χ0v) is 13.7. The van der Waals surface area contributed by atoms with E-state index in [4.69, 9.17) is 4.74 Å². The van der Waals surface area contributed by atoms with Crippen LogP contribution in [0.1, 0.15) is 44.8 Å². The maximum Gasteiger partial charge on any atom is 0.0897 e. The highest BCUT2D eigenvalue weighted by Gasteiger charge is 2.46. The van der Waals surface area contributed by atoms with Gasteiger partial charge in [-0.2, -0.15) is 0 Å². The van der Waals surface area contributed by atoms with Crippen molar-refractivity contribution in [2.45, 2.75) is 44.8 Å². The highest BCUT2D eigenvalue weighted by atomic mass is 16.5. The molecular formula is C19H27NO. The van der Waals surface area contributed by atoms with Crippen LogP contribution in [0.15, 0.2) is 36.4 Å². The van der Waals surface area contributed by atoms with Gasteiger partial charge in [-0.05, 0) is 56.7 Å². The number of anilines is 1. The molecule has 3 atom stereocenters. The summed E-state index contributed by atoms with van der Waals surface area (Å²) in [4.78, 5) is 2.13. The summed E-state index contributed by atoms with van der Waals surface area (Å²) in [7, 11) is 4.14. The standard InChI is InChI=1S/C19H27NO/c1-13-6-9-15-12-17(13)18(21-19(15,2)3)14-7-10-16(11-8-14)20(4)5/h7-8,10-11,15,17-18H,1,6,9,12H2,2-5H3/t15-,17-,18?/m1/s1. The van der Waals surface area contributed by atoms with E-state index in [-0.39, 0.29) is 11.7 Å². The van der Waals surface area contributed by atoms with Crippen LogP contribution in [-0.4, -0.2) is 19.7 Å². The Morgan fingerprint density at radius 1 is 1.19 bits per heavy atom. The molecule has 1 aliphatic carbocycles. The van der Waals surface area contributed by atoms with Gasteiger partial charge in [-0.15, -0.1) is 0 Å². The third kappa shape index (κ3) is 2.62. The van der Waals surface area contributed by atoms with E-state index >= 15 is 0 Å². The van der Waals surface area contributed by atoms with Gasteiger partial charge in [-0.25, -0.2) is 0 Å². The van der Waals surface area contributed by atoms with Crippen LogP contribution in [0.3, 0.4) is 0 Å². The minimum absolute atomic E-state index is 0.0257. The molecule has 1 aromatic rings. The molecule has 0 amide bonds. The van der Waals surface area contributed by atoms with E-state index in [1.54, 1.807) is 0 Å². The summed E-state index contributed by atoms with van der Waals surface area (Å²) in [5.74, 6) is 1.16. The number of hydrogen-bond acceptors (Lipinski definition) is 2. The van der Waals surface area contributed by atoms with Gasteiger partial charge in [-0.1, -0.05) is 24.3 Å². The Kier molecular flexibility index (Phi) is 3.61. The molecule has 1 heterocycles. The molecule has 1 aromatic carbocycles. The fourth-order valence-electron chi connectivity index (χ4n) is 3.87. The molecule has 2 nitrogen and oxygen atoms in total. The Balaban J connectivity index is 1.90. The van der Waals surface area contributed by atoms with Crippen molar-refractivity contribution in [3.8, 4) is 0 Å². The molecule has 1 saturated carbocycles. The van der Waals surface area contributed by atoms with Crippen molar-refractivity contribution in [3.63, 3.8) is 0 Å². The summed E-state index contributed by atoms with van der Waals surface area (Å²) in [6.45, 7) is 8.82. The zero-order valence-electron chi connectivity index (χ0n) is 13.7. The van der Waals surface area contributed by atoms with Crippen LogP contribution in [0.2, 0.25) is 0 Å². The van der Waals surface area contributed by atoms with Crippen LogP contribution in [0.5, 0.6) is 0 Å². The average molecular weight is 285 g/mol. The minimum Gasteiger partial charge on any atom is -0.378 e. The van der Waals surface area contributed by atoms with Gasteiger partial charge >= 0.3 is 0 Å². The molecule has 0 N–H and O–H groups in total. The number of rotatable bonds is 2. The third-order valence-corrected chi connectivity index (χ3v) is 5.39. The van der Waals surface area contributed by atoms with Crippen molar-refractivity contribution in [1.82, 2.24) is 0 Å². The predicted molar refractivity (Wildman–Crippen MR) is 88.6 cm³/mol. The Morgan fingerprint density at radius 3 is 2.48 bits per heavy atom. The van der Waals surface area contributed by atoms with Gasteiger partial charge in [0.25, 0.3) is 0 Å². The number of benzene rings is 1. The monoisotopic (exact) mass is 285 g/mol. The lowest BCUT2D eigenvalue weighted by molar-refractivity contribution is -0.173. The van der Waals surface area contributed by atoms with E-state index in [1.807, 2.05) is 0 Å². The van der Waals surface area contributed by atoms with E-state index in [0.717, 1.165) is 6.42 Å². The van der Waals surface area contributed by atoms with Crippen molar-refractivity contribution in [1.29, 1.82) is 0 Å². The van der Waals surface area contributed by atoms with Gasteiger partial charge in [0.15, 0.2) is 0 Å². The van der Waals surface area contributed by atoms with Crippen molar-refractivity contribution in [2.24, 2.45) is 11.8 Å². The van der Waals surface area contributed by atoms with E-state index in [9.17, 15) is 0 Å². The number of hydrogen-bond donors (Lipinski definition) is 0. The van der Waals surface area contributed by atoms with Crippen LogP contribution < -0.4 is 4.90 Å². The fraction of sp³-hybridized carbons (Fsp3) is 0.579. The molecule has 2 heteroatoms. The highest BCUT2D eigenvalue weighted by molar-refractivity contribution is 5.46. The Morgan fingerprint density at radius 2 is 1.86 bits per heavy atom.